The quantitative estimate of drug-likeness (QED) is 0.373. The average molecular weight is 497 g/mol. The van der Waals surface area contributed by atoms with Crippen LogP contribution in [0.1, 0.15) is 33.0 Å². The van der Waals surface area contributed by atoms with Crippen LogP contribution in [0.4, 0.5) is 0 Å². The molecular formula is C26H28N2O4S2. The van der Waals surface area contributed by atoms with E-state index in [-0.39, 0.29) is 5.91 Å². The van der Waals surface area contributed by atoms with Gasteiger partial charge in [0.15, 0.2) is 0 Å². The van der Waals surface area contributed by atoms with Gasteiger partial charge in [0.25, 0.3) is 5.91 Å². The summed E-state index contributed by atoms with van der Waals surface area (Å²) >= 11 is 3.39. The van der Waals surface area contributed by atoms with Crippen LogP contribution in [0.5, 0.6) is 17.2 Å². The highest BCUT2D eigenvalue weighted by Gasteiger charge is 2.23. The Morgan fingerprint density at radius 1 is 1.09 bits per heavy atom. The van der Waals surface area contributed by atoms with Gasteiger partial charge in [-0.15, -0.1) is 23.1 Å². The molecular weight excluding hydrogens is 468 g/mol. The zero-order valence-corrected chi connectivity index (χ0v) is 21.4. The highest BCUT2D eigenvalue weighted by atomic mass is 32.2. The molecule has 178 valence electrons. The topological polar surface area (TPSA) is 60.9 Å². The number of aromatic nitrogens is 1. The minimum absolute atomic E-state index is 0.0376. The minimum Gasteiger partial charge on any atom is -0.496 e. The van der Waals surface area contributed by atoms with E-state index >= 15 is 0 Å². The van der Waals surface area contributed by atoms with E-state index in [1.54, 1.807) is 44.4 Å². The van der Waals surface area contributed by atoms with Crippen molar-refractivity contribution in [3.8, 4) is 17.2 Å². The monoisotopic (exact) mass is 496 g/mol. The number of carbonyl (C=O) groups is 1. The molecule has 2 heterocycles. The number of benzene rings is 2. The number of rotatable bonds is 8. The van der Waals surface area contributed by atoms with E-state index in [1.165, 1.54) is 0 Å². The molecule has 8 heteroatoms. The van der Waals surface area contributed by atoms with Gasteiger partial charge in [0.2, 0.25) is 0 Å². The van der Waals surface area contributed by atoms with Gasteiger partial charge in [-0.1, -0.05) is 6.08 Å². The first-order valence-electron chi connectivity index (χ1n) is 10.9. The number of methoxy groups -OCH3 is 3. The number of amides is 1. The van der Waals surface area contributed by atoms with Gasteiger partial charge in [0.1, 0.15) is 17.2 Å². The van der Waals surface area contributed by atoms with Crippen molar-refractivity contribution in [2.45, 2.75) is 24.0 Å². The Morgan fingerprint density at radius 2 is 1.79 bits per heavy atom. The summed E-state index contributed by atoms with van der Waals surface area (Å²) < 4.78 is 16.6. The first kappa shape index (κ1) is 24.2. The van der Waals surface area contributed by atoms with Gasteiger partial charge in [0, 0.05) is 46.8 Å². The van der Waals surface area contributed by atoms with Gasteiger partial charge >= 0.3 is 0 Å². The van der Waals surface area contributed by atoms with Gasteiger partial charge in [-0.3, -0.25) is 4.79 Å². The molecule has 0 radical (unpaired) electrons. The Morgan fingerprint density at radius 3 is 2.32 bits per heavy atom. The Kier molecular flexibility index (Phi) is 7.80. The first-order valence-corrected chi connectivity index (χ1v) is 12.8. The van der Waals surface area contributed by atoms with Gasteiger partial charge in [-0.2, -0.15) is 0 Å². The lowest BCUT2D eigenvalue weighted by molar-refractivity contribution is 0.0773. The highest BCUT2D eigenvalue weighted by molar-refractivity contribution is 7.98. The maximum Gasteiger partial charge on any atom is 0.254 e. The Balaban J connectivity index is 1.42. The fourth-order valence-corrected chi connectivity index (χ4v) is 5.42. The highest BCUT2D eigenvalue weighted by Crippen LogP contribution is 2.41. The summed E-state index contributed by atoms with van der Waals surface area (Å²) in [5.41, 5.74) is 3.80. The zero-order valence-electron chi connectivity index (χ0n) is 19.8. The van der Waals surface area contributed by atoms with Crippen molar-refractivity contribution in [3.63, 3.8) is 0 Å². The third-order valence-electron chi connectivity index (χ3n) is 5.69. The largest absolute Gasteiger partial charge is 0.496 e. The number of thioether (sulfide) groups is 1. The molecule has 0 N–H and O–H groups in total. The van der Waals surface area contributed by atoms with Crippen molar-refractivity contribution in [1.29, 1.82) is 0 Å². The third-order valence-corrected chi connectivity index (χ3v) is 7.55. The molecule has 0 spiro atoms. The smallest absolute Gasteiger partial charge is 0.254 e. The number of hydrogen-bond donors (Lipinski definition) is 0. The molecule has 0 aliphatic carbocycles. The molecule has 34 heavy (non-hydrogen) atoms. The Bertz CT molecular complexity index is 1160. The second kappa shape index (κ2) is 11.0. The van der Waals surface area contributed by atoms with Crippen LogP contribution in [-0.4, -0.2) is 50.2 Å². The predicted molar refractivity (Wildman–Crippen MR) is 137 cm³/mol. The molecule has 0 unspecified atom stereocenters. The summed E-state index contributed by atoms with van der Waals surface area (Å²) in [4.78, 5) is 20.6. The van der Waals surface area contributed by atoms with Crippen LogP contribution < -0.4 is 14.2 Å². The van der Waals surface area contributed by atoms with Crippen molar-refractivity contribution < 1.29 is 19.0 Å². The van der Waals surface area contributed by atoms with Crippen molar-refractivity contribution in [3.05, 3.63) is 69.7 Å². The summed E-state index contributed by atoms with van der Waals surface area (Å²) in [7, 11) is 4.89. The number of aryl methyl sites for hydroxylation is 1. The number of nitrogens with zero attached hydrogens (tertiary/aromatic N) is 2. The van der Waals surface area contributed by atoms with Crippen LogP contribution in [-0.2, 0) is 5.75 Å². The lowest BCUT2D eigenvalue weighted by Crippen LogP contribution is -2.34. The number of thiazole rings is 1. The first-order chi connectivity index (χ1) is 16.5. The molecule has 0 saturated carbocycles. The molecule has 0 bridgehead atoms. The van der Waals surface area contributed by atoms with E-state index in [4.69, 9.17) is 14.2 Å². The minimum atomic E-state index is 0.0376. The van der Waals surface area contributed by atoms with Crippen molar-refractivity contribution in [2.75, 3.05) is 34.4 Å². The number of carbonyl (C=O) groups excluding carboxylic acids is 1. The third kappa shape index (κ3) is 5.39. The fraction of sp³-hybridized carbons (Fsp3) is 0.308. The van der Waals surface area contributed by atoms with Crippen LogP contribution in [0.2, 0.25) is 0 Å². The molecule has 6 nitrogen and oxygen atoms in total. The van der Waals surface area contributed by atoms with Crippen molar-refractivity contribution in [1.82, 2.24) is 9.88 Å². The SMILES string of the molecule is COc1cc(OC)c(C2=CCN(C(=O)c3ccc(SCc4csc(C)n4)cc3)CC2)c(OC)c1. The molecule has 1 amide bonds. The van der Waals surface area contributed by atoms with E-state index < -0.39 is 0 Å². The van der Waals surface area contributed by atoms with Crippen molar-refractivity contribution in [2.24, 2.45) is 0 Å². The van der Waals surface area contributed by atoms with Crippen LogP contribution >= 0.6 is 23.1 Å². The Labute approximate surface area is 208 Å². The summed E-state index contributed by atoms with van der Waals surface area (Å²) in [5.74, 6) is 2.94. The van der Waals surface area contributed by atoms with E-state index in [2.05, 4.69) is 16.4 Å². The molecule has 1 aromatic heterocycles. The average Bonchev–Trinajstić information content (AvgIpc) is 3.31. The summed E-state index contributed by atoms with van der Waals surface area (Å²) in [6.07, 6.45) is 2.79. The van der Waals surface area contributed by atoms with Crippen LogP contribution in [0.3, 0.4) is 0 Å². The molecule has 4 rings (SSSR count). The van der Waals surface area contributed by atoms with Crippen LogP contribution in [0, 0.1) is 6.92 Å². The molecule has 3 aromatic rings. The molecule has 0 fully saturated rings. The zero-order chi connectivity index (χ0) is 24.1. The molecule has 1 aliphatic heterocycles. The molecule has 2 aromatic carbocycles. The second-order valence-electron chi connectivity index (χ2n) is 7.81. The van der Waals surface area contributed by atoms with Crippen LogP contribution in [0.15, 0.2) is 52.7 Å². The molecule has 1 aliphatic rings. The van der Waals surface area contributed by atoms with E-state index in [1.807, 2.05) is 48.2 Å². The lowest BCUT2D eigenvalue weighted by atomic mass is 9.96. The molecule has 0 atom stereocenters. The summed E-state index contributed by atoms with van der Waals surface area (Å²) in [6, 6.07) is 11.5. The molecule has 0 saturated heterocycles. The summed E-state index contributed by atoms with van der Waals surface area (Å²) in [6.45, 7) is 3.18. The standard InChI is InChI=1S/C26H28N2O4S2/c1-17-27-20(15-33-17)16-34-22-7-5-19(6-8-22)26(29)28-11-9-18(10-12-28)25-23(31-3)13-21(30-2)14-24(25)32-4/h5-9,13-15H,10-12,16H2,1-4H3. The van der Waals surface area contributed by atoms with E-state index in [0.717, 1.165) is 32.5 Å². The van der Waals surface area contributed by atoms with E-state index in [0.29, 0.717) is 42.3 Å². The fourth-order valence-electron chi connectivity index (χ4n) is 3.91. The lowest BCUT2D eigenvalue weighted by Gasteiger charge is -2.28. The number of ether oxygens (including phenoxy) is 3. The van der Waals surface area contributed by atoms with Gasteiger partial charge in [-0.25, -0.2) is 4.98 Å². The maximum atomic E-state index is 13.1. The second-order valence-corrected chi connectivity index (χ2v) is 9.92. The van der Waals surface area contributed by atoms with E-state index in [9.17, 15) is 4.79 Å². The van der Waals surface area contributed by atoms with Gasteiger partial charge < -0.3 is 19.1 Å². The van der Waals surface area contributed by atoms with Crippen molar-refractivity contribution >= 4 is 34.6 Å². The predicted octanol–water partition coefficient (Wildman–Crippen LogP) is 5.70. The van der Waals surface area contributed by atoms with Crippen LogP contribution in [0.25, 0.3) is 5.57 Å². The van der Waals surface area contributed by atoms with Gasteiger partial charge in [-0.05, 0) is 43.2 Å². The summed E-state index contributed by atoms with van der Waals surface area (Å²) in [5, 5.41) is 3.18. The number of hydrogen-bond acceptors (Lipinski definition) is 7. The van der Waals surface area contributed by atoms with Gasteiger partial charge in [0.05, 0.1) is 37.6 Å². The maximum absolute atomic E-state index is 13.1. The Hall–Kier alpha value is -2.97. The normalized spacial score (nSPS) is 13.4.